The van der Waals surface area contributed by atoms with Crippen LogP contribution in [0.15, 0.2) is 18.2 Å². The summed E-state index contributed by atoms with van der Waals surface area (Å²) >= 11 is 0. The van der Waals surface area contributed by atoms with Crippen molar-refractivity contribution in [1.82, 2.24) is 4.98 Å². The van der Waals surface area contributed by atoms with E-state index in [1.807, 2.05) is 32.0 Å². The number of rotatable bonds is 6. The topological polar surface area (TPSA) is 57.4 Å². The van der Waals surface area contributed by atoms with Gasteiger partial charge in [0.25, 0.3) is 0 Å². The van der Waals surface area contributed by atoms with Crippen LogP contribution in [0, 0.1) is 0 Å². The van der Waals surface area contributed by atoms with Gasteiger partial charge in [0.1, 0.15) is 0 Å². The van der Waals surface area contributed by atoms with Crippen molar-refractivity contribution in [3.8, 4) is 5.88 Å². The van der Waals surface area contributed by atoms with Crippen LogP contribution in [0.2, 0.25) is 0 Å². The average Bonchev–Trinajstić information content (AvgIpc) is 2.29. The van der Waals surface area contributed by atoms with Crippen LogP contribution in [0.4, 0.5) is 0 Å². The van der Waals surface area contributed by atoms with E-state index >= 15 is 0 Å². The lowest BCUT2D eigenvalue weighted by atomic mass is 10.0. The fraction of sp³-hybridized carbons (Fsp3) is 0.583. The first kappa shape index (κ1) is 12.9. The minimum Gasteiger partial charge on any atom is -0.481 e. The number of ether oxygens (including phenoxy) is 2. The van der Waals surface area contributed by atoms with Crippen molar-refractivity contribution in [2.75, 3.05) is 13.7 Å². The Kier molecular flexibility index (Phi) is 4.71. The monoisotopic (exact) mass is 224 g/mol. The molecule has 0 amide bonds. The molecule has 1 rings (SSSR count). The average molecular weight is 224 g/mol. The molecule has 0 saturated carbocycles. The Labute approximate surface area is 96.8 Å². The molecule has 0 bridgehead atoms. The normalized spacial score (nSPS) is 14.5. The predicted octanol–water partition coefficient (Wildman–Crippen LogP) is 1.73. The fourth-order valence-electron chi connectivity index (χ4n) is 1.14. The van der Waals surface area contributed by atoms with Gasteiger partial charge in [0, 0.05) is 11.6 Å². The van der Waals surface area contributed by atoms with Crippen LogP contribution in [-0.4, -0.2) is 24.2 Å². The molecular formula is C12H20N2O2. The van der Waals surface area contributed by atoms with Gasteiger partial charge in [0.2, 0.25) is 5.88 Å². The van der Waals surface area contributed by atoms with Gasteiger partial charge in [0.05, 0.1) is 26.0 Å². The third-order valence-corrected chi connectivity index (χ3v) is 2.48. The van der Waals surface area contributed by atoms with Crippen LogP contribution in [0.5, 0.6) is 5.88 Å². The van der Waals surface area contributed by atoms with E-state index in [1.165, 1.54) is 0 Å². The Morgan fingerprint density at radius 1 is 1.44 bits per heavy atom. The van der Waals surface area contributed by atoms with Crippen LogP contribution in [0.25, 0.3) is 0 Å². The van der Waals surface area contributed by atoms with Gasteiger partial charge in [-0.2, -0.15) is 0 Å². The Hall–Kier alpha value is -1.13. The zero-order valence-electron chi connectivity index (χ0n) is 10.2. The van der Waals surface area contributed by atoms with Gasteiger partial charge < -0.3 is 15.2 Å². The van der Waals surface area contributed by atoms with Crippen LogP contribution < -0.4 is 10.5 Å². The molecule has 90 valence electrons. The molecule has 1 aromatic heterocycles. The molecule has 1 atom stereocenters. The number of hydrogen-bond donors (Lipinski definition) is 1. The summed E-state index contributed by atoms with van der Waals surface area (Å²) in [7, 11) is 1.60. The van der Waals surface area contributed by atoms with E-state index in [1.54, 1.807) is 7.11 Å². The number of methoxy groups -OCH3 is 1. The molecule has 0 aliphatic carbocycles. The zero-order chi connectivity index (χ0) is 12.0. The van der Waals surface area contributed by atoms with Crippen molar-refractivity contribution in [3.63, 3.8) is 0 Å². The first-order valence-electron chi connectivity index (χ1n) is 5.44. The minimum absolute atomic E-state index is 0.265. The number of pyridine rings is 1. The van der Waals surface area contributed by atoms with E-state index in [9.17, 15) is 0 Å². The molecular weight excluding hydrogens is 204 g/mol. The van der Waals surface area contributed by atoms with Crippen molar-refractivity contribution in [2.24, 2.45) is 5.73 Å². The first-order valence-corrected chi connectivity index (χ1v) is 5.44. The van der Waals surface area contributed by atoms with E-state index in [0.717, 1.165) is 12.1 Å². The lowest BCUT2D eigenvalue weighted by Crippen LogP contribution is -2.40. The second kappa shape index (κ2) is 5.82. The van der Waals surface area contributed by atoms with Crippen molar-refractivity contribution in [1.29, 1.82) is 0 Å². The highest BCUT2D eigenvalue weighted by atomic mass is 16.5. The minimum atomic E-state index is -0.265. The van der Waals surface area contributed by atoms with Gasteiger partial charge >= 0.3 is 0 Å². The largest absolute Gasteiger partial charge is 0.481 e. The van der Waals surface area contributed by atoms with Crippen LogP contribution in [0.3, 0.4) is 0 Å². The molecule has 0 saturated heterocycles. The Morgan fingerprint density at radius 2 is 2.19 bits per heavy atom. The number of hydrogen-bond acceptors (Lipinski definition) is 4. The molecule has 16 heavy (non-hydrogen) atoms. The Bertz CT molecular complexity index is 327. The summed E-state index contributed by atoms with van der Waals surface area (Å²) in [6, 6.07) is 5.61. The summed E-state index contributed by atoms with van der Waals surface area (Å²) in [6.45, 7) is 5.02. The van der Waals surface area contributed by atoms with Crippen molar-refractivity contribution in [2.45, 2.75) is 32.4 Å². The molecule has 0 spiro atoms. The van der Waals surface area contributed by atoms with E-state index in [4.69, 9.17) is 15.2 Å². The third-order valence-electron chi connectivity index (χ3n) is 2.48. The second-order valence-electron chi connectivity index (χ2n) is 4.17. The maximum Gasteiger partial charge on any atom is 0.213 e. The van der Waals surface area contributed by atoms with Crippen LogP contribution in [-0.2, 0) is 11.3 Å². The van der Waals surface area contributed by atoms with Gasteiger partial charge in [-0.25, -0.2) is 4.98 Å². The molecule has 1 heterocycles. The molecule has 0 aromatic carbocycles. The van der Waals surface area contributed by atoms with Crippen molar-refractivity contribution in [3.05, 3.63) is 23.9 Å². The maximum absolute atomic E-state index is 5.97. The van der Waals surface area contributed by atoms with E-state index in [-0.39, 0.29) is 5.54 Å². The van der Waals surface area contributed by atoms with E-state index < -0.39 is 0 Å². The Balaban J connectivity index is 2.42. The Morgan fingerprint density at radius 3 is 2.81 bits per heavy atom. The lowest BCUT2D eigenvalue weighted by Gasteiger charge is -2.22. The van der Waals surface area contributed by atoms with Gasteiger partial charge in [0.15, 0.2) is 0 Å². The fourth-order valence-corrected chi connectivity index (χ4v) is 1.14. The van der Waals surface area contributed by atoms with Crippen molar-refractivity contribution >= 4 is 0 Å². The van der Waals surface area contributed by atoms with Crippen LogP contribution in [0.1, 0.15) is 26.0 Å². The molecule has 1 aromatic rings. The van der Waals surface area contributed by atoms with E-state index in [0.29, 0.717) is 19.1 Å². The predicted molar refractivity (Wildman–Crippen MR) is 63.3 cm³/mol. The zero-order valence-corrected chi connectivity index (χ0v) is 10.2. The molecule has 0 aliphatic heterocycles. The van der Waals surface area contributed by atoms with Gasteiger partial charge in [-0.05, 0) is 19.4 Å². The summed E-state index contributed by atoms with van der Waals surface area (Å²) in [6.07, 6.45) is 0.887. The van der Waals surface area contributed by atoms with Gasteiger partial charge in [-0.3, -0.25) is 0 Å². The molecule has 1 unspecified atom stereocenters. The molecule has 0 aliphatic rings. The quantitative estimate of drug-likeness (QED) is 0.799. The number of nitrogens with two attached hydrogens (primary N) is 1. The number of aromatic nitrogens is 1. The second-order valence-corrected chi connectivity index (χ2v) is 4.17. The summed E-state index contributed by atoms with van der Waals surface area (Å²) in [5.74, 6) is 0.604. The maximum atomic E-state index is 5.97. The number of nitrogens with zero attached hydrogens (tertiary/aromatic N) is 1. The van der Waals surface area contributed by atoms with Crippen molar-refractivity contribution < 1.29 is 9.47 Å². The van der Waals surface area contributed by atoms with Gasteiger partial charge in [-0.1, -0.05) is 13.0 Å². The first-order chi connectivity index (χ1) is 7.57. The van der Waals surface area contributed by atoms with E-state index in [2.05, 4.69) is 4.98 Å². The summed E-state index contributed by atoms with van der Waals surface area (Å²) in [5, 5.41) is 0. The highest BCUT2D eigenvalue weighted by molar-refractivity contribution is 5.15. The summed E-state index contributed by atoms with van der Waals surface area (Å²) in [4.78, 5) is 4.25. The summed E-state index contributed by atoms with van der Waals surface area (Å²) < 4.78 is 10.6. The third kappa shape index (κ3) is 4.16. The van der Waals surface area contributed by atoms with Gasteiger partial charge in [-0.15, -0.1) is 0 Å². The standard InChI is InChI=1S/C12H20N2O2/c1-4-12(2,13)9-16-8-10-6-5-7-11(14-10)15-3/h5-7H,4,8-9,13H2,1-3H3. The smallest absolute Gasteiger partial charge is 0.213 e. The molecule has 0 fully saturated rings. The summed E-state index contributed by atoms with van der Waals surface area (Å²) in [5.41, 5.74) is 6.55. The van der Waals surface area contributed by atoms with Crippen LogP contribution >= 0.6 is 0 Å². The molecule has 4 nitrogen and oxygen atoms in total. The highest BCUT2D eigenvalue weighted by Crippen LogP contribution is 2.10. The molecule has 2 N–H and O–H groups in total. The lowest BCUT2D eigenvalue weighted by molar-refractivity contribution is 0.0755. The molecule has 4 heteroatoms. The SMILES string of the molecule is CCC(C)(N)COCc1cccc(OC)n1. The molecule has 0 radical (unpaired) electrons. The highest BCUT2D eigenvalue weighted by Gasteiger charge is 2.15.